The van der Waals surface area contributed by atoms with Crippen molar-refractivity contribution in [1.82, 2.24) is 9.97 Å². The number of aryl methyl sites for hydroxylation is 3. The van der Waals surface area contributed by atoms with E-state index in [0.29, 0.717) is 0 Å². The van der Waals surface area contributed by atoms with Crippen LogP contribution in [0.2, 0.25) is 0 Å². The number of H-pyrrole nitrogens is 1. The molecule has 0 spiro atoms. The standard InChI is InChI=1S/C12H13BrN2/c1-9-8-14-12(15-9)7-4-10-2-5-11(13)6-3-10/h2-3,5-6,8H,4,7H2,1H3,(H,14,15). The van der Waals surface area contributed by atoms with Crippen molar-refractivity contribution in [3.63, 3.8) is 0 Å². The SMILES string of the molecule is Cc1cnc(CCc2ccc(Br)cc2)[nH]1. The highest BCUT2D eigenvalue weighted by Gasteiger charge is 1.98. The van der Waals surface area contributed by atoms with Crippen LogP contribution in [0, 0.1) is 6.92 Å². The molecule has 0 saturated carbocycles. The Morgan fingerprint density at radius 1 is 1.20 bits per heavy atom. The third-order valence-electron chi connectivity index (χ3n) is 2.32. The molecule has 1 aromatic heterocycles. The molecule has 2 aromatic rings. The highest BCUT2D eigenvalue weighted by Crippen LogP contribution is 2.12. The highest BCUT2D eigenvalue weighted by molar-refractivity contribution is 9.10. The molecule has 3 heteroatoms. The molecule has 0 radical (unpaired) electrons. The molecule has 0 unspecified atom stereocenters. The van der Waals surface area contributed by atoms with Crippen molar-refractivity contribution in [3.05, 3.63) is 52.0 Å². The van der Waals surface area contributed by atoms with Crippen molar-refractivity contribution < 1.29 is 0 Å². The second-order valence-electron chi connectivity index (χ2n) is 3.64. The fourth-order valence-electron chi connectivity index (χ4n) is 1.51. The Morgan fingerprint density at radius 3 is 2.53 bits per heavy atom. The number of rotatable bonds is 3. The number of imidazole rings is 1. The molecular formula is C12H13BrN2. The third-order valence-corrected chi connectivity index (χ3v) is 2.85. The molecule has 1 heterocycles. The maximum absolute atomic E-state index is 4.28. The Labute approximate surface area is 97.9 Å². The lowest BCUT2D eigenvalue weighted by Crippen LogP contribution is -1.93. The van der Waals surface area contributed by atoms with Crippen LogP contribution in [-0.2, 0) is 12.8 Å². The minimum atomic E-state index is 0.968. The number of nitrogens with one attached hydrogen (secondary N) is 1. The summed E-state index contributed by atoms with van der Waals surface area (Å²) in [6, 6.07) is 8.42. The van der Waals surface area contributed by atoms with Crippen LogP contribution < -0.4 is 0 Å². The van der Waals surface area contributed by atoms with Gasteiger partial charge in [-0.2, -0.15) is 0 Å². The Morgan fingerprint density at radius 2 is 1.93 bits per heavy atom. The molecule has 15 heavy (non-hydrogen) atoms. The first-order valence-corrected chi connectivity index (χ1v) is 5.78. The fraction of sp³-hybridized carbons (Fsp3) is 0.250. The van der Waals surface area contributed by atoms with Crippen LogP contribution >= 0.6 is 15.9 Å². The van der Waals surface area contributed by atoms with E-state index in [1.54, 1.807) is 0 Å². The Kier molecular flexibility index (Phi) is 3.21. The zero-order valence-electron chi connectivity index (χ0n) is 8.63. The molecule has 2 rings (SSSR count). The number of hydrogen-bond donors (Lipinski definition) is 1. The molecule has 0 aliphatic heterocycles. The quantitative estimate of drug-likeness (QED) is 0.906. The van der Waals surface area contributed by atoms with Gasteiger partial charge in [0.25, 0.3) is 0 Å². The van der Waals surface area contributed by atoms with Gasteiger partial charge in [0.15, 0.2) is 0 Å². The van der Waals surface area contributed by atoms with E-state index in [2.05, 4.69) is 50.2 Å². The van der Waals surface area contributed by atoms with Gasteiger partial charge in [-0.3, -0.25) is 0 Å². The summed E-state index contributed by atoms with van der Waals surface area (Å²) in [6.07, 6.45) is 3.87. The predicted octanol–water partition coefficient (Wildman–Crippen LogP) is 3.27. The summed E-state index contributed by atoms with van der Waals surface area (Å²) in [5, 5.41) is 0. The first kappa shape index (κ1) is 10.4. The van der Waals surface area contributed by atoms with Gasteiger partial charge in [-0.25, -0.2) is 4.98 Å². The lowest BCUT2D eigenvalue weighted by atomic mass is 10.1. The van der Waals surface area contributed by atoms with Crippen LogP contribution in [0.15, 0.2) is 34.9 Å². The minimum Gasteiger partial charge on any atom is -0.346 e. The number of hydrogen-bond acceptors (Lipinski definition) is 1. The molecule has 0 fully saturated rings. The minimum absolute atomic E-state index is 0.968. The number of aromatic nitrogens is 2. The van der Waals surface area contributed by atoms with Crippen molar-refractivity contribution in [3.8, 4) is 0 Å². The van der Waals surface area contributed by atoms with E-state index in [1.165, 1.54) is 5.56 Å². The predicted molar refractivity (Wildman–Crippen MR) is 64.9 cm³/mol. The summed E-state index contributed by atoms with van der Waals surface area (Å²) in [5.41, 5.74) is 2.47. The summed E-state index contributed by atoms with van der Waals surface area (Å²) in [7, 11) is 0. The van der Waals surface area contributed by atoms with E-state index in [-0.39, 0.29) is 0 Å². The molecule has 0 saturated heterocycles. The molecular weight excluding hydrogens is 252 g/mol. The van der Waals surface area contributed by atoms with Crippen molar-refractivity contribution in [1.29, 1.82) is 0 Å². The molecule has 0 amide bonds. The smallest absolute Gasteiger partial charge is 0.106 e. The molecule has 1 N–H and O–H groups in total. The lowest BCUT2D eigenvalue weighted by molar-refractivity contribution is 0.881. The van der Waals surface area contributed by atoms with Crippen molar-refractivity contribution >= 4 is 15.9 Å². The van der Waals surface area contributed by atoms with Gasteiger partial charge < -0.3 is 4.98 Å². The Bertz CT molecular complexity index is 431. The first-order valence-electron chi connectivity index (χ1n) is 4.99. The van der Waals surface area contributed by atoms with E-state index >= 15 is 0 Å². The first-order chi connectivity index (χ1) is 7.24. The Hall–Kier alpha value is -1.09. The largest absolute Gasteiger partial charge is 0.346 e. The van der Waals surface area contributed by atoms with E-state index in [9.17, 15) is 0 Å². The summed E-state index contributed by atoms with van der Waals surface area (Å²) in [4.78, 5) is 7.52. The van der Waals surface area contributed by atoms with Crippen LogP contribution in [0.25, 0.3) is 0 Å². The van der Waals surface area contributed by atoms with E-state index < -0.39 is 0 Å². The Balaban J connectivity index is 1.96. The molecule has 0 aliphatic rings. The lowest BCUT2D eigenvalue weighted by Gasteiger charge is -1.99. The highest BCUT2D eigenvalue weighted by atomic mass is 79.9. The second-order valence-corrected chi connectivity index (χ2v) is 4.56. The van der Waals surface area contributed by atoms with Gasteiger partial charge in [-0.05, 0) is 31.0 Å². The number of halogens is 1. The molecule has 0 aliphatic carbocycles. The molecule has 0 atom stereocenters. The fourth-order valence-corrected chi connectivity index (χ4v) is 1.77. The van der Waals surface area contributed by atoms with Gasteiger partial charge in [-0.15, -0.1) is 0 Å². The zero-order valence-corrected chi connectivity index (χ0v) is 10.2. The van der Waals surface area contributed by atoms with Crippen LogP contribution in [0.5, 0.6) is 0 Å². The molecule has 78 valence electrons. The number of nitrogens with zero attached hydrogens (tertiary/aromatic N) is 1. The van der Waals surface area contributed by atoms with E-state index in [0.717, 1.165) is 28.8 Å². The zero-order chi connectivity index (χ0) is 10.7. The van der Waals surface area contributed by atoms with Gasteiger partial charge in [-0.1, -0.05) is 28.1 Å². The van der Waals surface area contributed by atoms with Crippen LogP contribution in [0.1, 0.15) is 17.1 Å². The monoisotopic (exact) mass is 264 g/mol. The number of benzene rings is 1. The number of aromatic amines is 1. The average Bonchev–Trinajstić information content (AvgIpc) is 2.64. The van der Waals surface area contributed by atoms with Gasteiger partial charge in [0.1, 0.15) is 5.82 Å². The summed E-state index contributed by atoms with van der Waals surface area (Å²) in [6.45, 7) is 2.02. The molecule has 2 nitrogen and oxygen atoms in total. The van der Waals surface area contributed by atoms with Gasteiger partial charge in [0.2, 0.25) is 0 Å². The van der Waals surface area contributed by atoms with Crippen LogP contribution in [0.3, 0.4) is 0 Å². The third kappa shape index (κ3) is 2.93. The second kappa shape index (κ2) is 4.62. The van der Waals surface area contributed by atoms with E-state index in [4.69, 9.17) is 0 Å². The van der Waals surface area contributed by atoms with Crippen LogP contribution in [-0.4, -0.2) is 9.97 Å². The average molecular weight is 265 g/mol. The summed E-state index contributed by atoms with van der Waals surface area (Å²) >= 11 is 3.43. The van der Waals surface area contributed by atoms with Crippen LogP contribution in [0.4, 0.5) is 0 Å². The van der Waals surface area contributed by atoms with Gasteiger partial charge in [0, 0.05) is 22.8 Å². The van der Waals surface area contributed by atoms with Crippen molar-refractivity contribution in [2.45, 2.75) is 19.8 Å². The summed E-state index contributed by atoms with van der Waals surface area (Å²) < 4.78 is 1.13. The van der Waals surface area contributed by atoms with Crippen molar-refractivity contribution in [2.75, 3.05) is 0 Å². The van der Waals surface area contributed by atoms with E-state index in [1.807, 2.05) is 13.1 Å². The van der Waals surface area contributed by atoms with Gasteiger partial charge in [0.05, 0.1) is 0 Å². The normalized spacial score (nSPS) is 10.5. The molecule has 0 bridgehead atoms. The maximum atomic E-state index is 4.28. The topological polar surface area (TPSA) is 28.7 Å². The molecule has 1 aromatic carbocycles. The van der Waals surface area contributed by atoms with Crippen molar-refractivity contribution in [2.24, 2.45) is 0 Å². The maximum Gasteiger partial charge on any atom is 0.106 e. The summed E-state index contributed by atoms with van der Waals surface area (Å²) in [5.74, 6) is 1.07. The van der Waals surface area contributed by atoms with Gasteiger partial charge >= 0.3 is 0 Å².